The minimum atomic E-state index is -0.220. The normalized spacial score (nSPS) is 12.7. The molecule has 0 aliphatic carbocycles. The molecular weight excluding hydrogens is 339 g/mol. The van der Waals surface area contributed by atoms with Crippen LogP contribution in [0.15, 0.2) is 35.1 Å². The van der Waals surface area contributed by atoms with Crippen LogP contribution in [-0.2, 0) is 6.42 Å². The van der Waals surface area contributed by atoms with E-state index in [1.165, 1.54) is 6.07 Å². The van der Waals surface area contributed by atoms with Crippen molar-refractivity contribution in [1.82, 2.24) is 9.97 Å². The third-order valence-corrected chi connectivity index (χ3v) is 3.54. The molecular formula is C11H9Br2FN2. The highest BCUT2D eigenvalue weighted by molar-refractivity contribution is 9.10. The standard InChI is InChI=1S/C11H9Br2FN2/c12-7-1-2-8(10(14)5-7)9(13)6-11-15-3-4-16-11/h1-5,9H,6H2,(H,15,16). The van der Waals surface area contributed by atoms with Gasteiger partial charge in [0.2, 0.25) is 0 Å². The van der Waals surface area contributed by atoms with Crippen LogP contribution in [0, 0.1) is 5.82 Å². The minimum absolute atomic E-state index is 0.0771. The van der Waals surface area contributed by atoms with E-state index >= 15 is 0 Å². The lowest BCUT2D eigenvalue weighted by molar-refractivity contribution is 0.606. The highest BCUT2D eigenvalue weighted by Gasteiger charge is 2.14. The van der Waals surface area contributed by atoms with Crippen LogP contribution >= 0.6 is 31.9 Å². The van der Waals surface area contributed by atoms with E-state index in [1.54, 1.807) is 18.5 Å². The number of rotatable bonds is 3. The second-order valence-corrected chi connectivity index (χ2v) is 5.39. The van der Waals surface area contributed by atoms with Crippen molar-refractivity contribution >= 4 is 31.9 Å². The Morgan fingerprint density at radius 3 is 2.88 bits per heavy atom. The molecule has 1 aromatic heterocycles. The number of benzene rings is 1. The summed E-state index contributed by atoms with van der Waals surface area (Å²) >= 11 is 6.70. The predicted molar refractivity (Wildman–Crippen MR) is 68.1 cm³/mol. The van der Waals surface area contributed by atoms with Gasteiger partial charge in [-0.3, -0.25) is 0 Å². The smallest absolute Gasteiger partial charge is 0.128 e. The van der Waals surface area contributed by atoms with E-state index in [2.05, 4.69) is 41.8 Å². The van der Waals surface area contributed by atoms with Gasteiger partial charge in [-0.25, -0.2) is 9.37 Å². The Labute approximate surface area is 110 Å². The van der Waals surface area contributed by atoms with Gasteiger partial charge in [0.1, 0.15) is 11.6 Å². The third-order valence-electron chi connectivity index (χ3n) is 2.23. The van der Waals surface area contributed by atoms with E-state index in [0.717, 1.165) is 10.3 Å². The van der Waals surface area contributed by atoms with Gasteiger partial charge in [0.25, 0.3) is 0 Å². The van der Waals surface area contributed by atoms with E-state index in [-0.39, 0.29) is 10.6 Å². The SMILES string of the molecule is Fc1cc(Br)ccc1C(Br)Cc1ncc[nH]1. The largest absolute Gasteiger partial charge is 0.349 e. The topological polar surface area (TPSA) is 28.7 Å². The lowest BCUT2D eigenvalue weighted by Crippen LogP contribution is -2.00. The number of aromatic amines is 1. The number of imidazole rings is 1. The highest BCUT2D eigenvalue weighted by atomic mass is 79.9. The summed E-state index contributed by atoms with van der Waals surface area (Å²) in [5, 5.41) is 0. The summed E-state index contributed by atoms with van der Waals surface area (Å²) in [6.45, 7) is 0. The van der Waals surface area contributed by atoms with E-state index < -0.39 is 0 Å². The van der Waals surface area contributed by atoms with Crippen LogP contribution in [0.3, 0.4) is 0 Å². The molecule has 0 saturated heterocycles. The molecule has 0 fully saturated rings. The third kappa shape index (κ3) is 2.71. The van der Waals surface area contributed by atoms with Crippen LogP contribution in [0.25, 0.3) is 0 Å². The van der Waals surface area contributed by atoms with Crippen molar-refractivity contribution in [2.45, 2.75) is 11.2 Å². The first-order chi connectivity index (χ1) is 7.66. The number of alkyl halides is 1. The molecule has 0 amide bonds. The summed E-state index contributed by atoms with van der Waals surface area (Å²) in [6, 6.07) is 5.06. The maximum atomic E-state index is 13.6. The predicted octanol–water partition coefficient (Wildman–Crippen LogP) is 3.99. The van der Waals surface area contributed by atoms with Crippen molar-refractivity contribution in [3.63, 3.8) is 0 Å². The molecule has 16 heavy (non-hydrogen) atoms. The molecule has 1 heterocycles. The number of H-pyrrole nitrogens is 1. The van der Waals surface area contributed by atoms with E-state index in [4.69, 9.17) is 0 Å². The zero-order chi connectivity index (χ0) is 11.5. The lowest BCUT2D eigenvalue weighted by Gasteiger charge is -2.09. The lowest BCUT2D eigenvalue weighted by atomic mass is 10.1. The molecule has 0 aliphatic heterocycles. The summed E-state index contributed by atoms with van der Waals surface area (Å²) in [4.78, 5) is 7.03. The van der Waals surface area contributed by atoms with Gasteiger partial charge < -0.3 is 4.98 Å². The molecule has 1 aromatic carbocycles. The first-order valence-electron chi connectivity index (χ1n) is 4.74. The molecule has 0 aliphatic rings. The van der Waals surface area contributed by atoms with Gasteiger partial charge in [-0.05, 0) is 12.1 Å². The number of hydrogen-bond acceptors (Lipinski definition) is 1. The van der Waals surface area contributed by atoms with E-state index in [9.17, 15) is 4.39 Å². The number of halogens is 3. The van der Waals surface area contributed by atoms with Crippen molar-refractivity contribution in [2.24, 2.45) is 0 Å². The molecule has 1 N–H and O–H groups in total. The fraction of sp³-hybridized carbons (Fsp3) is 0.182. The van der Waals surface area contributed by atoms with Gasteiger partial charge in [0.15, 0.2) is 0 Å². The molecule has 1 unspecified atom stereocenters. The summed E-state index contributed by atoms with van der Waals surface area (Å²) in [5.41, 5.74) is 0.639. The van der Waals surface area contributed by atoms with Crippen molar-refractivity contribution < 1.29 is 4.39 Å². The molecule has 2 nitrogen and oxygen atoms in total. The second-order valence-electron chi connectivity index (χ2n) is 3.37. The van der Waals surface area contributed by atoms with Gasteiger partial charge in [-0.2, -0.15) is 0 Å². The average molecular weight is 348 g/mol. The summed E-state index contributed by atoms with van der Waals surface area (Å²) in [5.74, 6) is 0.618. The van der Waals surface area contributed by atoms with E-state index in [1.807, 2.05) is 6.07 Å². The minimum Gasteiger partial charge on any atom is -0.349 e. The van der Waals surface area contributed by atoms with Crippen LogP contribution < -0.4 is 0 Å². The molecule has 84 valence electrons. The number of nitrogens with zero attached hydrogens (tertiary/aromatic N) is 1. The quantitative estimate of drug-likeness (QED) is 0.835. The van der Waals surface area contributed by atoms with Crippen molar-refractivity contribution in [2.75, 3.05) is 0 Å². The molecule has 2 rings (SSSR count). The summed E-state index contributed by atoms with van der Waals surface area (Å²) in [7, 11) is 0. The maximum Gasteiger partial charge on any atom is 0.128 e. The van der Waals surface area contributed by atoms with Crippen LogP contribution in [0.2, 0.25) is 0 Å². The Morgan fingerprint density at radius 1 is 1.44 bits per heavy atom. The van der Waals surface area contributed by atoms with Gasteiger partial charge in [-0.1, -0.05) is 37.9 Å². The van der Waals surface area contributed by atoms with Gasteiger partial charge in [0.05, 0.1) is 0 Å². The molecule has 0 radical (unpaired) electrons. The maximum absolute atomic E-state index is 13.6. The van der Waals surface area contributed by atoms with Crippen LogP contribution in [-0.4, -0.2) is 9.97 Å². The average Bonchev–Trinajstić information content (AvgIpc) is 2.70. The first kappa shape index (κ1) is 11.8. The van der Waals surface area contributed by atoms with Crippen molar-refractivity contribution in [1.29, 1.82) is 0 Å². The Morgan fingerprint density at radius 2 is 2.25 bits per heavy atom. The molecule has 0 saturated carbocycles. The molecule has 0 bridgehead atoms. The summed E-state index contributed by atoms with van der Waals surface area (Å²) in [6.07, 6.45) is 4.07. The zero-order valence-electron chi connectivity index (χ0n) is 8.25. The van der Waals surface area contributed by atoms with Gasteiger partial charge >= 0.3 is 0 Å². The van der Waals surface area contributed by atoms with Crippen LogP contribution in [0.4, 0.5) is 4.39 Å². The Balaban J connectivity index is 2.17. The monoisotopic (exact) mass is 346 g/mol. The molecule has 0 spiro atoms. The second kappa shape index (κ2) is 5.10. The fourth-order valence-electron chi connectivity index (χ4n) is 1.44. The fourth-order valence-corrected chi connectivity index (χ4v) is 2.46. The Kier molecular flexibility index (Phi) is 3.76. The number of nitrogens with one attached hydrogen (secondary N) is 1. The van der Waals surface area contributed by atoms with Crippen molar-refractivity contribution in [3.8, 4) is 0 Å². The molecule has 5 heteroatoms. The van der Waals surface area contributed by atoms with Crippen LogP contribution in [0.5, 0.6) is 0 Å². The van der Waals surface area contributed by atoms with Gasteiger partial charge in [-0.15, -0.1) is 0 Å². The Bertz CT molecular complexity index is 471. The zero-order valence-corrected chi connectivity index (χ0v) is 11.4. The Hall–Kier alpha value is -0.680. The molecule has 2 aromatic rings. The first-order valence-corrected chi connectivity index (χ1v) is 6.45. The van der Waals surface area contributed by atoms with Gasteiger partial charge in [0, 0.05) is 33.7 Å². The molecule has 1 atom stereocenters. The summed E-state index contributed by atoms with van der Waals surface area (Å²) < 4.78 is 14.4. The number of hydrogen-bond donors (Lipinski definition) is 1. The van der Waals surface area contributed by atoms with E-state index in [0.29, 0.717) is 12.0 Å². The van der Waals surface area contributed by atoms with Crippen LogP contribution in [0.1, 0.15) is 16.2 Å². The van der Waals surface area contributed by atoms with Crippen molar-refractivity contribution in [3.05, 3.63) is 52.3 Å². The number of aromatic nitrogens is 2. The highest BCUT2D eigenvalue weighted by Crippen LogP contribution is 2.29.